The van der Waals surface area contributed by atoms with E-state index in [9.17, 15) is 17.6 Å². The molecular formula is C28H24F4O. The zero-order chi connectivity index (χ0) is 23.4. The van der Waals surface area contributed by atoms with Gasteiger partial charge in [-0.25, -0.2) is 4.39 Å². The van der Waals surface area contributed by atoms with Crippen molar-refractivity contribution in [1.82, 2.24) is 0 Å². The number of fused-ring (bicyclic) bond motifs is 1. The van der Waals surface area contributed by atoms with Gasteiger partial charge in [0.1, 0.15) is 0 Å². The molecule has 170 valence electrons. The lowest BCUT2D eigenvalue weighted by molar-refractivity contribution is -0.275. The Labute approximate surface area is 190 Å². The standard InChI is InChI=1S/C28H24F4O/c1-2-3-4-5-19-6-7-24-17-23(13-12-22(24)16-19)20-8-10-21(11-9-20)25-14-15-27(26(29)18-25)33-28(30,31)32/h6-18H,2-5H2,1H3. The predicted octanol–water partition coefficient (Wildman–Crippen LogP) is 8.94. The van der Waals surface area contributed by atoms with E-state index in [1.54, 1.807) is 0 Å². The van der Waals surface area contributed by atoms with Crippen molar-refractivity contribution in [2.24, 2.45) is 0 Å². The molecule has 0 heterocycles. The van der Waals surface area contributed by atoms with Crippen molar-refractivity contribution in [3.05, 3.63) is 90.2 Å². The monoisotopic (exact) mass is 452 g/mol. The third-order valence-corrected chi connectivity index (χ3v) is 5.68. The molecule has 0 fully saturated rings. The smallest absolute Gasteiger partial charge is 0.403 e. The lowest BCUT2D eigenvalue weighted by Crippen LogP contribution is -2.17. The van der Waals surface area contributed by atoms with Crippen molar-refractivity contribution in [3.8, 4) is 28.0 Å². The quantitative estimate of drug-likeness (QED) is 0.201. The van der Waals surface area contributed by atoms with Crippen LogP contribution in [0.4, 0.5) is 17.6 Å². The molecule has 0 unspecified atom stereocenters. The molecule has 33 heavy (non-hydrogen) atoms. The summed E-state index contributed by atoms with van der Waals surface area (Å²) in [7, 11) is 0. The first kappa shape index (κ1) is 22.8. The Hall–Kier alpha value is -3.34. The summed E-state index contributed by atoms with van der Waals surface area (Å²) in [5.41, 5.74) is 4.60. The van der Waals surface area contributed by atoms with Crippen LogP contribution in [-0.4, -0.2) is 6.36 Å². The van der Waals surface area contributed by atoms with E-state index in [-0.39, 0.29) is 0 Å². The van der Waals surface area contributed by atoms with Gasteiger partial charge in [0.05, 0.1) is 0 Å². The van der Waals surface area contributed by atoms with E-state index in [1.165, 1.54) is 36.3 Å². The van der Waals surface area contributed by atoms with Gasteiger partial charge < -0.3 is 4.74 Å². The molecule has 0 radical (unpaired) electrons. The first-order chi connectivity index (χ1) is 15.8. The van der Waals surface area contributed by atoms with Crippen LogP contribution in [0.25, 0.3) is 33.0 Å². The summed E-state index contributed by atoms with van der Waals surface area (Å²) in [4.78, 5) is 0. The van der Waals surface area contributed by atoms with Crippen molar-refractivity contribution in [2.75, 3.05) is 0 Å². The minimum Gasteiger partial charge on any atom is -0.403 e. The van der Waals surface area contributed by atoms with Crippen molar-refractivity contribution in [3.63, 3.8) is 0 Å². The zero-order valence-corrected chi connectivity index (χ0v) is 18.3. The maximum absolute atomic E-state index is 14.0. The van der Waals surface area contributed by atoms with Gasteiger partial charge in [0.25, 0.3) is 0 Å². The van der Waals surface area contributed by atoms with E-state index in [4.69, 9.17) is 0 Å². The van der Waals surface area contributed by atoms with Crippen LogP contribution in [0.2, 0.25) is 0 Å². The van der Waals surface area contributed by atoms with Gasteiger partial charge in [-0.15, -0.1) is 13.2 Å². The van der Waals surface area contributed by atoms with Gasteiger partial charge in [-0.05, 0) is 69.6 Å². The number of alkyl halides is 3. The van der Waals surface area contributed by atoms with Crippen LogP contribution in [0.3, 0.4) is 0 Å². The largest absolute Gasteiger partial charge is 0.573 e. The molecule has 0 aliphatic rings. The average Bonchev–Trinajstić information content (AvgIpc) is 2.79. The Balaban J connectivity index is 1.53. The highest BCUT2D eigenvalue weighted by Crippen LogP contribution is 2.31. The number of hydrogen-bond acceptors (Lipinski definition) is 1. The Bertz CT molecular complexity index is 1240. The summed E-state index contributed by atoms with van der Waals surface area (Å²) in [6, 6.07) is 23.9. The van der Waals surface area contributed by atoms with Gasteiger partial charge in [-0.2, -0.15) is 0 Å². The van der Waals surface area contributed by atoms with E-state index in [0.717, 1.165) is 35.1 Å². The Morgan fingerprint density at radius 1 is 0.667 bits per heavy atom. The Morgan fingerprint density at radius 2 is 1.24 bits per heavy atom. The number of ether oxygens (including phenoxy) is 1. The SMILES string of the molecule is CCCCCc1ccc2cc(-c3ccc(-c4ccc(OC(F)(F)F)c(F)c4)cc3)ccc2c1. The lowest BCUT2D eigenvalue weighted by atomic mass is 9.97. The van der Waals surface area contributed by atoms with E-state index >= 15 is 0 Å². The normalized spacial score (nSPS) is 11.7. The Morgan fingerprint density at radius 3 is 1.88 bits per heavy atom. The maximum atomic E-state index is 14.0. The van der Waals surface area contributed by atoms with Crippen LogP contribution in [0.1, 0.15) is 31.7 Å². The van der Waals surface area contributed by atoms with E-state index in [2.05, 4.69) is 48.1 Å². The topological polar surface area (TPSA) is 9.23 Å². The van der Waals surface area contributed by atoms with Crippen LogP contribution >= 0.6 is 0 Å². The molecular weight excluding hydrogens is 428 g/mol. The molecule has 0 amide bonds. The second-order valence-corrected chi connectivity index (χ2v) is 8.12. The fourth-order valence-corrected chi connectivity index (χ4v) is 3.95. The number of halogens is 4. The summed E-state index contributed by atoms with van der Waals surface area (Å²) < 4.78 is 54.8. The van der Waals surface area contributed by atoms with Crippen LogP contribution in [0.5, 0.6) is 5.75 Å². The molecule has 0 N–H and O–H groups in total. The van der Waals surface area contributed by atoms with Gasteiger partial charge in [-0.3, -0.25) is 0 Å². The third kappa shape index (κ3) is 5.72. The number of rotatable bonds is 7. The summed E-state index contributed by atoms with van der Waals surface area (Å²) in [6.07, 6.45) is -0.181. The van der Waals surface area contributed by atoms with Crippen molar-refractivity contribution >= 4 is 10.8 Å². The van der Waals surface area contributed by atoms with Crippen LogP contribution in [0, 0.1) is 5.82 Å². The van der Waals surface area contributed by atoms with E-state index in [0.29, 0.717) is 11.1 Å². The van der Waals surface area contributed by atoms with Crippen LogP contribution in [0.15, 0.2) is 78.9 Å². The van der Waals surface area contributed by atoms with Gasteiger partial charge in [0.15, 0.2) is 11.6 Å². The second-order valence-electron chi connectivity index (χ2n) is 8.12. The molecule has 1 nitrogen and oxygen atoms in total. The Kier molecular flexibility index (Phi) is 6.68. The molecule has 0 atom stereocenters. The van der Waals surface area contributed by atoms with Crippen molar-refractivity contribution in [2.45, 2.75) is 39.0 Å². The highest BCUT2D eigenvalue weighted by atomic mass is 19.4. The number of hydrogen-bond donors (Lipinski definition) is 0. The van der Waals surface area contributed by atoms with Gasteiger partial charge in [-0.1, -0.05) is 80.4 Å². The molecule has 4 aromatic carbocycles. The highest BCUT2D eigenvalue weighted by molar-refractivity contribution is 5.88. The number of unbranched alkanes of at least 4 members (excludes halogenated alkanes) is 2. The number of benzene rings is 4. The van der Waals surface area contributed by atoms with Gasteiger partial charge >= 0.3 is 6.36 Å². The summed E-state index contributed by atoms with van der Waals surface area (Å²) in [5, 5.41) is 2.37. The summed E-state index contributed by atoms with van der Waals surface area (Å²) >= 11 is 0. The molecule has 0 bridgehead atoms. The second kappa shape index (κ2) is 9.65. The van der Waals surface area contributed by atoms with Gasteiger partial charge in [0, 0.05) is 0 Å². The van der Waals surface area contributed by atoms with Gasteiger partial charge in [0.2, 0.25) is 0 Å². The van der Waals surface area contributed by atoms with E-state index < -0.39 is 17.9 Å². The lowest BCUT2D eigenvalue weighted by Gasteiger charge is -2.11. The molecule has 0 saturated heterocycles. The molecule has 0 aliphatic heterocycles. The molecule has 0 aromatic heterocycles. The van der Waals surface area contributed by atoms with Crippen LogP contribution < -0.4 is 4.74 Å². The summed E-state index contributed by atoms with van der Waals surface area (Å²) in [6.45, 7) is 2.20. The average molecular weight is 452 g/mol. The summed E-state index contributed by atoms with van der Waals surface area (Å²) in [5.74, 6) is -1.90. The highest BCUT2D eigenvalue weighted by Gasteiger charge is 2.32. The molecule has 4 rings (SSSR count). The maximum Gasteiger partial charge on any atom is 0.573 e. The fraction of sp³-hybridized carbons (Fsp3) is 0.214. The van der Waals surface area contributed by atoms with Crippen LogP contribution in [-0.2, 0) is 6.42 Å². The fourth-order valence-electron chi connectivity index (χ4n) is 3.95. The molecule has 0 spiro atoms. The first-order valence-electron chi connectivity index (χ1n) is 11.0. The number of aryl methyl sites for hydroxylation is 1. The third-order valence-electron chi connectivity index (χ3n) is 5.68. The molecule has 0 aliphatic carbocycles. The minimum absolute atomic E-state index is 0.475. The molecule has 5 heteroatoms. The van der Waals surface area contributed by atoms with Crippen molar-refractivity contribution < 1.29 is 22.3 Å². The minimum atomic E-state index is -4.93. The molecule has 4 aromatic rings. The first-order valence-corrected chi connectivity index (χ1v) is 11.0. The zero-order valence-electron chi connectivity index (χ0n) is 18.3. The van der Waals surface area contributed by atoms with E-state index in [1.807, 2.05) is 24.3 Å². The van der Waals surface area contributed by atoms with Crippen molar-refractivity contribution in [1.29, 1.82) is 0 Å². The predicted molar refractivity (Wildman–Crippen MR) is 125 cm³/mol. The molecule has 0 saturated carbocycles.